The van der Waals surface area contributed by atoms with E-state index < -0.39 is 0 Å². The smallest absolute Gasteiger partial charge is 0.228 e. The molecule has 1 unspecified atom stereocenters. The molecule has 1 atom stereocenters. The minimum atomic E-state index is -0.213. The van der Waals surface area contributed by atoms with Crippen LogP contribution >= 0.6 is 0 Å². The van der Waals surface area contributed by atoms with Crippen molar-refractivity contribution < 1.29 is 4.79 Å². The van der Waals surface area contributed by atoms with E-state index in [9.17, 15) is 4.79 Å². The second kappa shape index (κ2) is 5.64. The minimum absolute atomic E-state index is 0.213. The Kier molecular flexibility index (Phi) is 4.04. The molecule has 0 aromatic rings. The largest absolute Gasteiger partial charge is 0.340 e. The molecule has 3 aliphatic rings. The molecule has 0 bridgehead atoms. The van der Waals surface area contributed by atoms with Crippen LogP contribution in [0.5, 0.6) is 0 Å². The summed E-state index contributed by atoms with van der Waals surface area (Å²) in [7, 11) is 0. The van der Waals surface area contributed by atoms with Gasteiger partial charge in [-0.15, -0.1) is 0 Å². The molecule has 20 heavy (non-hydrogen) atoms. The predicted molar refractivity (Wildman–Crippen MR) is 80.5 cm³/mol. The molecule has 0 radical (unpaired) electrons. The molecule has 0 aromatic heterocycles. The first-order valence-electron chi connectivity index (χ1n) is 8.33. The summed E-state index contributed by atoms with van der Waals surface area (Å²) in [5, 5.41) is 3.45. The van der Waals surface area contributed by atoms with E-state index in [1.807, 2.05) is 0 Å². The predicted octanol–water partition coefficient (Wildman–Crippen LogP) is 1.32. The molecule has 0 aromatic carbocycles. The van der Waals surface area contributed by atoms with Gasteiger partial charge in [-0.2, -0.15) is 0 Å². The molecule has 4 nitrogen and oxygen atoms in total. The zero-order chi connectivity index (χ0) is 14.2. The van der Waals surface area contributed by atoms with Crippen LogP contribution in [0.4, 0.5) is 0 Å². The third kappa shape index (κ3) is 2.86. The van der Waals surface area contributed by atoms with Gasteiger partial charge in [0, 0.05) is 37.6 Å². The molecule has 0 spiro atoms. The lowest BCUT2D eigenvalue weighted by Crippen LogP contribution is -2.55. The van der Waals surface area contributed by atoms with Crippen molar-refractivity contribution in [1.29, 1.82) is 0 Å². The molecular weight excluding hydrogens is 250 g/mol. The average molecular weight is 279 g/mol. The van der Waals surface area contributed by atoms with Crippen molar-refractivity contribution in [3.05, 3.63) is 0 Å². The molecule has 1 aliphatic carbocycles. The molecule has 2 aliphatic heterocycles. The summed E-state index contributed by atoms with van der Waals surface area (Å²) >= 11 is 0. The van der Waals surface area contributed by atoms with Gasteiger partial charge in [-0.25, -0.2) is 0 Å². The lowest BCUT2D eigenvalue weighted by Gasteiger charge is -2.42. The van der Waals surface area contributed by atoms with Crippen molar-refractivity contribution in [2.24, 2.45) is 11.3 Å². The van der Waals surface area contributed by atoms with Crippen LogP contribution in [0, 0.1) is 11.3 Å². The summed E-state index contributed by atoms with van der Waals surface area (Å²) in [5.41, 5.74) is -0.213. The number of rotatable bonds is 3. The lowest BCUT2D eigenvalue weighted by atomic mass is 9.74. The van der Waals surface area contributed by atoms with E-state index in [-0.39, 0.29) is 5.41 Å². The number of nitrogens with one attached hydrogen (secondary N) is 1. The van der Waals surface area contributed by atoms with Crippen molar-refractivity contribution in [3.63, 3.8) is 0 Å². The van der Waals surface area contributed by atoms with Gasteiger partial charge in [0.1, 0.15) is 0 Å². The van der Waals surface area contributed by atoms with E-state index in [4.69, 9.17) is 0 Å². The molecule has 1 saturated carbocycles. The van der Waals surface area contributed by atoms with Crippen molar-refractivity contribution in [3.8, 4) is 0 Å². The van der Waals surface area contributed by atoms with E-state index in [0.717, 1.165) is 45.3 Å². The van der Waals surface area contributed by atoms with Gasteiger partial charge in [-0.3, -0.25) is 9.69 Å². The number of piperazine rings is 1. The second-order valence-corrected chi connectivity index (χ2v) is 7.32. The maximum absolute atomic E-state index is 12.9. The molecule has 2 saturated heterocycles. The quantitative estimate of drug-likeness (QED) is 0.846. The number of carbonyl (C=O) groups is 1. The number of hydrogen-bond donors (Lipinski definition) is 1. The van der Waals surface area contributed by atoms with E-state index in [2.05, 4.69) is 29.0 Å². The third-order valence-corrected chi connectivity index (χ3v) is 5.53. The van der Waals surface area contributed by atoms with E-state index in [0.29, 0.717) is 11.8 Å². The number of carbonyl (C=O) groups excluding carboxylic acids is 1. The van der Waals surface area contributed by atoms with Crippen LogP contribution in [0.25, 0.3) is 0 Å². The first kappa shape index (κ1) is 14.3. The van der Waals surface area contributed by atoms with Gasteiger partial charge in [-0.1, -0.05) is 13.8 Å². The van der Waals surface area contributed by atoms with Crippen molar-refractivity contribution in [2.45, 2.75) is 45.6 Å². The van der Waals surface area contributed by atoms with Crippen molar-refractivity contribution >= 4 is 5.91 Å². The summed E-state index contributed by atoms with van der Waals surface area (Å²) in [5.74, 6) is 0.867. The van der Waals surface area contributed by atoms with Gasteiger partial charge >= 0.3 is 0 Å². The molecule has 3 rings (SSSR count). The fourth-order valence-electron chi connectivity index (χ4n) is 3.78. The Morgan fingerprint density at radius 2 is 1.80 bits per heavy atom. The summed E-state index contributed by atoms with van der Waals surface area (Å²) in [6.07, 6.45) is 5.13. The van der Waals surface area contributed by atoms with E-state index in [1.165, 1.54) is 25.7 Å². The van der Waals surface area contributed by atoms with Crippen molar-refractivity contribution in [1.82, 2.24) is 15.1 Å². The van der Waals surface area contributed by atoms with Gasteiger partial charge in [0.05, 0.1) is 0 Å². The summed E-state index contributed by atoms with van der Waals surface area (Å²) in [4.78, 5) is 17.6. The molecule has 1 N–H and O–H groups in total. The Morgan fingerprint density at radius 3 is 2.35 bits per heavy atom. The highest BCUT2D eigenvalue weighted by Crippen LogP contribution is 2.34. The fraction of sp³-hybridized carbons (Fsp3) is 0.938. The second-order valence-electron chi connectivity index (χ2n) is 7.32. The van der Waals surface area contributed by atoms with Gasteiger partial charge in [0.15, 0.2) is 0 Å². The van der Waals surface area contributed by atoms with Crippen LogP contribution in [-0.2, 0) is 4.79 Å². The van der Waals surface area contributed by atoms with Crippen LogP contribution in [0.1, 0.15) is 39.5 Å². The fourth-order valence-corrected chi connectivity index (χ4v) is 3.78. The number of piperidine rings is 1. The third-order valence-electron chi connectivity index (χ3n) is 5.53. The topological polar surface area (TPSA) is 35.6 Å². The summed E-state index contributed by atoms with van der Waals surface area (Å²) in [6, 6.07) is 0.836. The molecule has 4 heteroatoms. The van der Waals surface area contributed by atoms with Crippen LogP contribution in [-0.4, -0.2) is 61.0 Å². The zero-order valence-electron chi connectivity index (χ0n) is 13.0. The standard InChI is InChI=1S/C16H29N3O/c1-16(2,13-4-3-7-17-12-13)15(20)19-10-8-18(9-11-19)14-5-6-14/h13-14,17H,3-12H2,1-2H3. The Balaban J connectivity index is 1.56. The minimum Gasteiger partial charge on any atom is -0.340 e. The SMILES string of the molecule is CC(C)(C(=O)N1CCN(C2CC2)CC1)C1CCCNC1. The monoisotopic (exact) mass is 279 g/mol. The van der Waals surface area contributed by atoms with Crippen LogP contribution in [0.2, 0.25) is 0 Å². The lowest BCUT2D eigenvalue weighted by molar-refractivity contribution is -0.145. The molecular formula is C16H29N3O. The normalized spacial score (nSPS) is 29.5. The van der Waals surface area contributed by atoms with Crippen LogP contribution in [0.15, 0.2) is 0 Å². The van der Waals surface area contributed by atoms with Crippen molar-refractivity contribution in [2.75, 3.05) is 39.3 Å². The maximum Gasteiger partial charge on any atom is 0.228 e. The summed E-state index contributed by atoms with van der Waals surface area (Å²) < 4.78 is 0. The van der Waals surface area contributed by atoms with Crippen LogP contribution < -0.4 is 5.32 Å². The van der Waals surface area contributed by atoms with E-state index in [1.54, 1.807) is 0 Å². The van der Waals surface area contributed by atoms with Gasteiger partial charge < -0.3 is 10.2 Å². The molecule has 114 valence electrons. The first-order chi connectivity index (χ1) is 9.59. The Hall–Kier alpha value is -0.610. The molecule has 3 fully saturated rings. The Labute approximate surface area is 122 Å². The Morgan fingerprint density at radius 1 is 1.10 bits per heavy atom. The highest BCUT2D eigenvalue weighted by molar-refractivity contribution is 5.82. The average Bonchev–Trinajstić information content (AvgIpc) is 3.32. The number of amides is 1. The maximum atomic E-state index is 12.9. The van der Waals surface area contributed by atoms with E-state index >= 15 is 0 Å². The molecule has 1 amide bonds. The Bertz CT molecular complexity index is 351. The zero-order valence-corrected chi connectivity index (χ0v) is 13.0. The van der Waals surface area contributed by atoms with Crippen LogP contribution in [0.3, 0.4) is 0 Å². The number of hydrogen-bond acceptors (Lipinski definition) is 3. The van der Waals surface area contributed by atoms with Gasteiger partial charge in [0.2, 0.25) is 5.91 Å². The van der Waals surface area contributed by atoms with Gasteiger partial charge in [-0.05, 0) is 44.7 Å². The summed E-state index contributed by atoms with van der Waals surface area (Å²) in [6.45, 7) is 10.4. The van der Waals surface area contributed by atoms with Gasteiger partial charge in [0.25, 0.3) is 0 Å². The number of nitrogens with zero attached hydrogens (tertiary/aromatic N) is 2. The highest BCUT2D eigenvalue weighted by atomic mass is 16.2. The highest BCUT2D eigenvalue weighted by Gasteiger charge is 2.41. The molecule has 2 heterocycles. The first-order valence-corrected chi connectivity index (χ1v) is 8.33.